The Kier molecular flexibility index (Phi) is 3.30. The van der Waals surface area contributed by atoms with E-state index in [2.05, 4.69) is 15.3 Å². The molecule has 0 saturated carbocycles. The van der Waals surface area contributed by atoms with Crippen molar-refractivity contribution in [1.29, 1.82) is 0 Å². The molecule has 0 saturated heterocycles. The van der Waals surface area contributed by atoms with Crippen molar-refractivity contribution < 1.29 is 4.79 Å². The van der Waals surface area contributed by atoms with E-state index in [0.717, 1.165) is 5.56 Å². The number of rotatable bonds is 3. The summed E-state index contributed by atoms with van der Waals surface area (Å²) in [6, 6.07) is 6.93. The summed E-state index contributed by atoms with van der Waals surface area (Å²) in [4.78, 5) is 19.5. The van der Waals surface area contributed by atoms with E-state index < -0.39 is 0 Å². The van der Waals surface area contributed by atoms with Gasteiger partial charge in [-0.15, -0.1) is 0 Å². The van der Waals surface area contributed by atoms with Crippen molar-refractivity contribution >= 4 is 11.6 Å². The van der Waals surface area contributed by atoms with Crippen molar-refractivity contribution in [2.24, 2.45) is 0 Å². The number of anilines is 1. The van der Waals surface area contributed by atoms with Crippen molar-refractivity contribution in [1.82, 2.24) is 15.3 Å². The topological polar surface area (TPSA) is 80.9 Å². The van der Waals surface area contributed by atoms with Crippen LogP contribution in [-0.2, 0) is 6.54 Å². The largest absolute Gasteiger partial charge is 0.397 e. The van der Waals surface area contributed by atoms with Crippen molar-refractivity contribution in [2.45, 2.75) is 6.54 Å². The van der Waals surface area contributed by atoms with Crippen LogP contribution < -0.4 is 11.1 Å². The number of amides is 1. The van der Waals surface area contributed by atoms with Gasteiger partial charge in [0.15, 0.2) is 0 Å². The van der Waals surface area contributed by atoms with Crippen molar-refractivity contribution in [3.05, 3.63) is 54.1 Å². The quantitative estimate of drug-likeness (QED) is 0.820. The molecule has 0 aliphatic heterocycles. The third-order valence-corrected chi connectivity index (χ3v) is 2.22. The first-order valence-corrected chi connectivity index (χ1v) is 5.14. The summed E-state index contributed by atoms with van der Waals surface area (Å²) in [7, 11) is 0. The molecule has 0 fully saturated rings. The zero-order valence-corrected chi connectivity index (χ0v) is 9.13. The number of hydrogen-bond acceptors (Lipinski definition) is 4. The van der Waals surface area contributed by atoms with E-state index in [1.54, 1.807) is 24.5 Å². The highest BCUT2D eigenvalue weighted by Crippen LogP contribution is 2.01. The molecule has 2 aromatic heterocycles. The monoisotopic (exact) mass is 228 g/mol. The second-order valence-electron chi connectivity index (χ2n) is 3.51. The SMILES string of the molecule is Nc1ccc(C(=O)NCc2ccncc2)nc1. The predicted molar refractivity (Wildman–Crippen MR) is 64.1 cm³/mol. The number of aromatic nitrogens is 2. The number of nitrogen functional groups attached to an aromatic ring is 1. The smallest absolute Gasteiger partial charge is 0.270 e. The van der Waals surface area contributed by atoms with Gasteiger partial charge in [-0.05, 0) is 29.8 Å². The highest BCUT2D eigenvalue weighted by atomic mass is 16.1. The van der Waals surface area contributed by atoms with Gasteiger partial charge >= 0.3 is 0 Å². The summed E-state index contributed by atoms with van der Waals surface area (Å²) >= 11 is 0. The molecule has 0 aromatic carbocycles. The van der Waals surface area contributed by atoms with Crippen molar-refractivity contribution in [2.75, 3.05) is 5.73 Å². The van der Waals surface area contributed by atoms with Crippen LogP contribution in [0.4, 0.5) is 5.69 Å². The molecule has 2 aromatic rings. The van der Waals surface area contributed by atoms with Crippen LogP contribution in [0.5, 0.6) is 0 Å². The summed E-state index contributed by atoms with van der Waals surface area (Å²) in [5.74, 6) is -0.221. The van der Waals surface area contributed by atoms with Gasteiger partial charge in [-0.1, -0.05) is 0 Å². The van der Waals surface area contributed by atoms with E-state index in [1.807, 2.05) is 12.1 Å². The third-order valence-electron chi connectivity index (χ3n) is 2.22. The van der Waals surface area contributed by atoms with E-state index in [-0.39, 0.29) is 5.91 Å². The Labute approximate surface area is 98.7 Å². The van der Waals surface area contributed by atoms with Crippen LogP contribution >= 0.6 is 0 Å². The minimum Gasteiger partial charge on any atom is -0.397 e. The average molecular weight is 228 g/mol. The number of nitrogens with two attached hydrogens (primary N) is 1. The molecule has 5 nitrogen and oxygen atoms in total. The summed E-state index contributed by atoms with van der Waals surface area (Å²) in [5.41, 5.74) is 7.37. The van der Waals surface area contributed by atoms with Crippen LogP contribution in [0.25, 0.3) is 0 Å². The molecule has 0 unspecified atom stereocenters. The second-order valence-corrected chi connectivity index (χ2v) is 3.51. The molecule has 1 amide bonds. The Morgan fingerprint density at radius 2 is 2.00 bits per heavy atom. The first-order chi connectivity index (χ1) is 8.25. The van der Waals surface area contributed by atoms with Gasteiger partial charge in [0.05, 0.1) is 11.9 Å². The maximum atomic E-state index is 11.7. The Balaban J connectivity index is 1.96. The molecule has 3 N–H and O–H groups in total. The second kappa shape index (κ2) is 5.07. The lowest BCUT2D eigenvalue weighted by Gasteiger charge is -2.04. The number of nitrogens with one attached hydrogen (secondary N) is 1. The molecular formula is C12H12N4O. The van der Waals surface area contributed by atoms with Crippen LogP contribution in [-0.4, -0.2) is 15.9 Å². The molecule has 2 heterocycles. The van der Waals surface area contributed by atoms with Crippen LogP contribution in [0.15, 0.2) is 42.9 Å². The van der Waals surface area contributed by atoms with Gasteiger partial charge in [0.25, 0.3) is 5.91 Å². The lowest BCUT2D eigenvalue weighted by molar-refractivity contribution is 0.0946. The number of pyridine rings is 2. The van der Waals surface area contributed by atoms with Gasteiger partial charge in [0.2, 0.25) is 0 Å². The molecule has 0 aliphatic carbocycles. The number of nitrogens with zero attached hydrogens (tertiary/aromatic N) is 2. The maximum Gasteiger partial charge on any atom is 0.270 e. The van der Waals surface area contributed by atoms with E-state index >= 15 is 0 Å². The molecule has 2 rings (SSSR count). The summed E-state index contributed by atoms with van der Waals surface area (Å²) in [6.07, 6.45) is 4.83. The standard InChI is InChI=1S/C12H12N4O/c13-10-1-2-11(15-8-10)12(17)16-7-9-3-5-14-6-4-9/h1-6,8H,7,13H2,(H,16,17). The molecule has 0 bridgehead atoms. The summed E-state index contributed by atoms with van der Waals surface area (Å²) < 4.78 is 0. The van der Waals surface area contributed by atoms with Gasteiger partial charge in [-0.3, -0.25) is 9.78 Å². The number of hydrogen-bond donors (Lipinski definition) is 2. The Hall–Kier alpha value is -2.43. The molecular weight excluding hydrogens is 216 g/mol. The molecule has 17 heavy (non-hydrogen) atoms. The van der Waals surface area contributed by atoms with Gasteiger partial charge in [-0.2, -0.15) is 0 Å². The van der Waals surface area contributed by atoms with E-state index in [0.29, 0.717) is 17.9 Å². The first-order valence-electron chi connectivity index (χ1n) is 5.14. The minimum absolute atomic E-state index is 0.221. The third kappa shape index (κ3) is 3.01. The molecule has 0 atom stereocenters. The van der Waals surface area contributed by atoms with Gasteiger partial charge in [0, 0.05) is 18.9 Å². The van der Waals surface area contributed by atoms with E-state index in [9.17, 15) is 4.79 Å². The molecule has 0 spiro atoms. The van der Waals surface area contributed by atoms with E-state index in [4.69, 9.17) is 5.73 Å². The lowest BCUT2D eigenvalue weighted by Crippen LogP contribution is -2.23. The molecule has 5 heteroatoms. The fourth-order valence-corrected chi connectivity index (χ4v) is 1.31. The van der Waals surface area contributed by atoms with Crippen LogP contribution in [0.1, 0.15) is 16.1 Å². The van der Waals surface area contributed by atoms with Crippen LogP contribution in [0.3, 0.4) is 0 Å². The molecule has 0 radical (unpaired) electrons. The summed E-state index contributed by atoms with van der Waals surface area (Å²) in [6.45, 7) is 0.452. The Morgan fingerprint density at radius 3 is 2.65 bits per heavy atom. The van der Waals surface area contributed by atoms with Crippen LogP contribution in [0, 0.1) is 0 Å². The van der Waals surface area contributed by atoms with Gasteiger partial charge in [0.1, 0.15) is 5.69 Å². The van der Waals surface area contributed by atoms with E-state index in [1.165, 1.54) is 6.20 Å². The van der Waals surface area contributed by atoms with Crippen molar-refractivity contribution in [3.8, 4) is 0 Å². The fraction of sp³-hybridized carbons (Fsp3) is 0.0833. The van der Waals surface area contributed by atoms with Crippen LogP contribution in [0.2, 0.25) is 0 Å². The molecule has 0 aliphatic rings. The Bertz CT molecular complexity index is 496. The zero-order valence-electron chi connectivity index (χ0n) is 9.13. The number of carbonyl (C=O) groups excluding carboxylic acids is 1. The Morgan fingerprint density at radius 1 is 1.24 bits per heavy atom. The number of carbonyl (C=O) groups is 1. The normalized spacial score (nSPS) is 9.88. The fourth-order valence-electron chi connectivity index (χ4n) is 1.31. The van der Waals surface area contributed by atoms with Crippen molar-refractivity contribution in [3.63, 3.8) is 0 Å². The minimum atomic E-state index is -0.221. The highest BCUT2D eigenvalue weighted by molar-refractivity contribution is 5.92. The summed E-state index contributed by atoms with van der Waals surface area (Å²) in [5, 5.41) is 2.76. The zero-order chi connectivity index (χ0) is 12.1. The molecule has 86 valence electrons. The highest BCUT2D eigenvalue weighted by Gasteiger charge is 2.05. The predicted octanol–water partition coefficient (Wildman–Crippen LogP) is 0.989. The lowest BCUT2D eigenvalue weighted by atomic mass is 10.2. The van der Waals surface area contributed by atoms with Gasteiger partial charge in [-0.25, -0.2) is 4.98 Å². The maximum absolute atomic E-state index is 11.7. The van der Waals surface area contributed by atoms with Gasteiger partial charge < -0.3 is 11.1 Å². The first kappa shape index (κ1) is 11.1. The average Bonchev–Trinajstić information content (AvgIpc) is 2.38.